The lowest BCUT2D eigenvalue weighted by atomic mass is 10.2. The van der Waals surface area contributed by atoms with E-state index in [1.807, 2.05) is 6.92 Å². The van der Waals surface area contributed by atoms with Gasteiger partial charge in [0.25, 0.3) is 0 Å². The molecule has 0 aromatic carbocycles. The first-order chi connectivity index (χ1) is 7.58. The average Bonchev–Trinajstić information content (AvgIpc) is 2.66. The highest BCUT2D eigenvalue weighted by molar-refractivity contribution is 7.13. The second-order valence-corrected chi connectivity index (χ2v) is 5.48. The predicted molar refractivity (Wildman–Crippen MR) is 69.0 cm³/mol. The largest absolute Gasteiger partial charge is 0.343 e. The summed E-state index contributed by atoms with van der Waals surface area (Å²) in [6.07, 6.45) is 0. The topological polar surface area (TPSA) is 45.4 Å². The fraction of sp³-hybridized carbons (Fsp3) is 0.727. The maximum Gasteiger partial charge on any atom is 0.185 e. The van der Waals surface area contributed by atoms with Crippen molar-refractivity contribution >= 4 is 16.5 Å². The molecule has 1 aliphatic heterocycles. The van der Waals surface area contributed by atoms with Crippen molar-refractivity contribution < 1.29 is 0 Å². The Balaban J connectivity index is 2.11. The molecule has 1 aromatic rings. The molecule has 1 aliphatic rings. The lowest BCUT2D eigenvalue weighted by molar-refractivity contribution is 0.275. The third-order valence-corrected chi connectivity index (χ3v) is 3.95. The fourth-order valence-electron chi connectivity index (χ4n) is 2.04. The zero-order valence-electron chi connectivity index (χ0n) is 10.2. The number of likely N-dealkylation sites (N-methyl/N-ethyl adjacent to an activating group) is 1. The summed E-state index contributed by atoms with van der Waals surface area (Å²) in [5.41, 5.74) is 6.84. The van der Waals surface area contributed by atoms with Gasteiger partial charge in [0.2, 0.25) is 0 Å². The van der Waals surface area contributed by atoms with Crippen molar-refractivity contribution in [3.05, 3.63) is 11.1 Å². The number of piperazine rings is 1. The van der Waals surface area contributed by atoms with Gasteiger partial charge in [-0.15, -0.1) is 11.3 Å². The Morgan fingerprint density at radius 3 is 2.88 bits per heavy atom. The Labute approximate surface area is 101 Å². The van der Waals surface area contributed by atoms with Crippen LogP contribution in [-0.2, 0) is 0 Å². The van der Waals surface area contributed by atoms with E-state index in [0.717, 1.165) is 30.5 Å². The summed E-state index contributed by atoms with van der Waals surface area (Å²) in [4.78, 5) is 9.36. The van der Waals surface area contributed by atoms with E-state index in [9.17, 15) is 0 Å². The quantitative estimate of drug-likeness (QED) is 0.846. The number of aromatic nitrogens is 1. The first-order valence-corrected chi connectivity index (χ1v) is 6.62. The standard InChI is InChI=1S/C11H20N4S/c1-8-6-14(3)4-5-15(8)11-13-10(7-16-11)9(2)12/h7-9H,4-6,12H2,1-3H3. The molecule has 16 heavy (non-hydrogen) atoms. The van der Waals surface area contributed by atoms with Gasteiger partial charge in [0, 0.05) is 37.1 Å². The summed E-state index contributed by atoms with van der Waals surface area (Å²) >= 11 is 1.71. The van der Waals surface area contributed by atoms with E-state index in [4.69, 9.17) is 5.73 Å². The molecule has 1 saturated heterocycles. The molecule has 0 spiro atoms. The van der Waals surface area contributed by atoms with Gasteiger partial charge in [-0.1, -0.05) is 0 Å². The van der Waals surface area contributed by atoms with Crippen LogP contribution in [0.5, 0.6) is 0 Å². The fourth-order valence-corrected chi connectivity index (χ4v) is 3.10. The van der Waals surface area contributed by atoms with Gasteiger partial charge in [0.05, 0.1) is 5.69 Å². The lowest BCUT2D eigenvalue weighted by Gasteiger charge is -2.38. The van der Waals surface area contributed by atoms with Crippen LogP contribution >= 0.6 is 11.3 Å². The molecule has 0 aliphatic carbocycles. The van der Waals surface area contributed by atoms with Gasteiger partial charge in [-0.25, -0.2) is 4.98 Å². The Morgan fingerprint density at radius 2 is 2.31 bits per heavy atom. The van der Waals surface area contributed by atoms with E-state index in [0.29, 0.717) is 6.04 Å². The highest BCUT2D eigenvalue weighted by Crippen LogP contribution is 2.26. The van der Waals surface area contributed by atoms with Gasteiger partial charge in [0.15, 0.2) is 5.13 Å². The summed E-state index contributed by atoms with van der Waals surface area (Å²) < 4.78 is 0. The molecule has 2 atom stereocenters. The molecule has 2 rings (SSSR count). The van der Waals surface area contributed by atoms with Crippen LogP contribution in [0.4, 0.5) is 5.13 Å². The number of thiazole rings is 1. The van der Waals surface area contributed by atoms with E-state index in [-0.39, 0.29) is 6.04 Å². The molecule has 90 valence electrons. The molecule has 1 aromatic heterocycles. The van der Waals surface area contributed by atoms with Crippen molar-refractivity contribution in [2.24, 2.45) is 5.73 Å². The van der Waals surface area contributed by atoms with Crippen molar-refractivity contribution in [3.8, 4) is 0 Å². The zero-order valence-corrected chi connectivity index (χ0v) is 11.0. The second-order valence-electron chi connectivity index (χ2n) is 4.65. The third kappa shape index (κ3) is 2.36. The zero-order chi connectivity index (χ0) is 11.7. The Hall–Kier alpha value is -0.650. The first kappa shape index (κ1) is 11.8. The van der Waals surface area contributed by atoms with Crippen molar-refractivity contribution in [2.45, 2.75) is 25.9 Å². The minimum Gasteiger partial charge on any atom is -0.343 e. The van der Waals surface area contributed by atoms with Crippen molar-refractivity contribution in [2.75, 3.05) is 31.6 Å². The summed E-state index contributed by atoms with van der Waals surface area (Å²) in [6, 6.07) is 0.568. The number of anilines is 1. The molecule has 2 heterocycles. The Kier molecular flexibility index (Phi) is 3.47. The smallest absolute Gasteiger partial charge is 0.185 e. The highest BCUT2D eigenvalue weighted by atomic mass is 32.1. The molecule has 0 radical (unpaired) electrons. The van der Waals surface area contributed by atoms with Gasteiger partial charge in [-0.2, -0.15) is 0 Å². The molecule has 0 saturated carbocycles. The van der Waals surface area contributed by atoms with Crippen molar-refractivity contribution in [1.29, 1.82) is 0 Å². The molecule has 0 amide bonds. The maximum absolute atomic E-state index is 5.83. The number of nitrogens with two attached hydrogens (primary N) is 1. The second kappa shape index (κ2) is 4.69. The average molecular weight is 240 g/mol. The Bertz CT molecular complexity index is 350. The number of hydrogen-bond donors (Lipinski definition) is 1. The van der Waals surface area contributed by atoms with Crippen molar-refractivity contribution in [1.82, 2.24) is 9.88 Å². The van der Waals surface area contributed by atoms with Crippen LogP contribution in [0.15, 0.2) is 5.38 Å². The molecule has 2 N–H and O–H groups in total. The van der Waals surface area contributed by atoms with E-state index in [2.05, 4.69) is 34.1 Å². The minimum atomic E-state index is 0.0350. The molecular formula is C11H20N4S. The lowest BCUT2D eigenvalue weighted by Crippen LogP contribution is -2.50. The summed E-state index contributed by atoms with van der Waals surface area (Å²) in [6.45, 7) is 7.50. The summed E-state index contributed by atoms with van der Waals surface area (Å²) in [5, 5.41) is 3.19. The van der Waals surface area contributed by atoms with Crippen LogP contribution in [0.2, 0.25) is 0 Å². The molecule has 4 nitrogen and oxygen atoms in total. The Morgan fingerprint density at radius 1 is 1.56 bits per heavy atom. The number of rotatable bonds is 2. The van der Waals surface area contributed by atoms with Gasteiger partial charge >= 0.3 is 0 Å². The molecule has 0 bridgehead atoms. The van der Waals surface area contributed by atoms with Gasteiger partial charge in [-0.05, 0) is 20.9 Å². The molecule has 5 heteroatoms. The highest BCUT2D eigenvalue weighted by Gasteiger charge is 2.23. The van der Waals surface area contributed by atoms with Gasteiger partial charge < -0.3 is 15.5 Å². The van der Waals surface area contributed by atoms with Crippen LogP contribution in [0.1, 0.15) is 25.6 Å². The predicted octanol–water partition coefficient (Wildman–Crippen LogP) is 1.30. The van der Waals surface area contributed by atoms with E-state index < -0.39 is 0 Å². The van der Waals surface area contributed by atoms with Crippen LogP contribution in [0.25, 0.3) is 0 Å². The molecule has 1 fully saturated rings. The van der Waals surface area contributed by atoms with E-state index >= 15 is 0 Å². The SMILES string of the molecule is CC(N)c1csc(N2CCN(C)CC2C)n1. The van der Waals surface area contributed by atoms with E-state index in [1.165, 1.54) is 0 Å². The molecular weight excluding hydrogens is 220 g/mol. The van der Waals surface area contributed by atoms with Crippen LogP contribution < -0.4 is 10.6 Å². The number of nitrogens with zero attached hydrogens (tertiary/aromatic N) is 3. The first-order valence-electron chi connectivity index (χ1n) is 5.74. The summed E-state index contributed by atoms with van der Waals surface area (Å²) in [5.74, 6) is 0. The van der Waals surface area contributed by atoms with Gasteiger partial charge in [0.1, 0.15) is 0 Å². The molecule has 2 unspecified atom stereocenters. The summed E-state index contributed by atoms with van der Waals surface area (Å²) in [7, 11) is 2.17. The third-order valence-electron chi connectivity index (χ3n) is 3.05. The van der Waals surface area contributed by atoms with Crippen LogP contribution in [-0.4, -0.2) is 42.6 Å². The van der Waals surface area contributed by atoms with Crippen molar-refractivity contribution in [3.63, 3.8) is 0 Å². The number of hydrogen-bond acceptors (Lipinski definition) is 5. The van der Waals surface area contributed by atoms with Gasteiger partial charge in [-0.3, -0.25) is 0 Å². The monoisotopic (exact) mass is 240 g/mol. The van der Waals surface area contributed by atoms with Crippen LogP contribution in [0.3, 0.4) is 0 Å². The van der Waals surface area contributed by atoms with Crippen LogP contribution in [0, 0.1) is 0 Å². The maximum atomic E-state index is 5.83. The normalized spacial score (nSPS) is 24.8. The minimum absolute atomic E-state index is 0.0350. The van der Waals surface area contributed by atoms with E-state index in [1.54, 1.807) is 11.3 Å².